The number of carboxylic acid groups (broad SMARTS) is 1. The molecule has 8 rings (SSSR count). The molecule has 6 aromatic carbocycles. The summed E-state index contributed by atoms with van der Waals surface area (Å²) < 4.78 is 125. The molecule has 0 fully saturated rings. The number of carboxylic acids is 1. The SMILES string of the molecule is CC(=O)Nc1cc(C(=O)O)cc(C2=C(c3cc(C(F)(F)F)ccc3OCc3ccc(F)cc3)CCC2)c1.CCOC(=O)c1cc(NC(C)=O)cc(C2=C(c3cc(C(F)(F)F)ccc3OCc3ccc(F)cc3)CCC2)c1. The molecular formula is C58H50F8N2O8. The first-order valence-corrected chi connectivity index (χ1v) is 23.9. The van der Waals surface area contributed by atoms with Crippen LogP contribution in [0.1, 0.15) is 125 Å². The number of halogens is 8. The zero-order valence-electron chi connectivity index (χ0n) is 41.2. The minimum absolute atomic E-state index is 0.0163. The Morgan fingerprint density at radius 3 is 1.30 bits per heavy atom. The van der Waals surface area contributed by atoms with Crippen molar-refractivity contribution in [3.8, 4) is 11.5 Å². The lowest BCUT2D eigenvalue weighted by Gasteiger charge is -2.18. The first kappa shape index (κ1) is 55.5. The lowest BCUT2D eigenvalue weighted by atomic mass is 9.93. The van der Waals surface area contributed by atoms with E-state index in [2.05, 4.69) is 10.6 Å². The molecule has 0 radical (unpaired) electrons. The lowest BCUT2D eigenvalue weighted by molar-refractivity contribution is -0.138. The van der Waals surface area contributed by atoms with Crippen molar-refractivity contribution in [3.63, 3.8) is 0 Å². The van der Waals surface area contributed by atoms with Gasteiger partial charge >= 0.3 is 24.3 Å². The topological polar surface area (TPSA) is 140 Å². The molecule has 0 atom stereocenters. The van der Waals surface area contributed by atoms with Crippen LogP contribution in [0.5, 0.6) is 11.5 Å². The van der Waals surface area contributed by atoms with Crippen molar-refractivity contribution in [2.75, 3.05) is 17.2 Å². The molecule has 2 aliphatic rings. The van der Waals surface area contributed by atoms with Crippen molar-refractivity contribution in [3.05, 3.63) is 189 Å². The first-order valence-electron chi connectivity index (χ1n) is 23.9. The number of benzene rings is 6. The largest absolute Gasteiger partial charge is 0.488 e. The Kier molecular flexibility index (Phi) is 17.5. The lowest BCUT2D eigenvalue weighted by Crippen LogP contribution is -2.10. The van der Waals surface area contributed by atoms with Crippen LogP contribution in [0.2, 0.25) is 0 Å². The molecule has 3 N–H and O–H groups in total. The van der Waals surface area contributed by atoms with Crippen LogP contribution in [0.25, 0.3) is 22.3 Å². The van der Waals surface area contributed by atoms with Crippen LogP contribution in [-0.2, 0) is 39.9 Å². The Morgan fingerprint density at radius 1 is 0.526 bits per heavy atom. The van der Waals surface area contributed by atoms with Gasteiger partial charge in [-0.2, -0.15) is 26.3 Å². The van der Waals surface area contributed by atoms with Gasteiger partial charge in [0.2, 0.25) is 11.8 Å². The molecule has 0 aliphatic heterocycles. The number of rotatable bonds is 15. The Bertz CT molecular complexity index is 3220. The fourth-order valence-electron chi connectivity index (χ4n) is 8.95. The number of carbonyl (C=O) groups is 4. The van der Waals surface area contributed by atoms with Crippen molar-refractivity contribution in [2.45, 2.75) is 84.9 Å². The minimum Gasteiger partial charge on any atom is -0.488 e. The fraction of sp³-hybridized carbons (Fsp3) is 0.241. The zero-order chi connectivity index (χ0) is 54.9. The number of hydrogen-bond acceptors (Lipinski definition) is 7. The Balaban J connectivity index is 0.000000221. The van der Waals surface area contributed by atoms with Crippen LogP contribution in [0.3, 0.4) is 0 Å². The number of ether oxygens (including phenoxy) is 3. The molecule has 76 heavy (non-hydrogen) atoms. The van der Waals surface area contributed by atoms with Crippen LogP contribution in [0, 0.1) is 11.6 Å². The summed E-state index contributed by atoms with van der Waals surface area (Å²) in [6, 6.07) is 27.0. The monoisotopic (exact) mass is 1050 g/mol. The van der Waals surface area contributed by atoms with E-state index in [9.17, 15) is 59.4 Å². The molecule has 396 valence electrons. The Labute approximate surface area is 432 Å². The van der Waals surface area contributed by atoms with Gasteiger partial charge in [0.1, 0.15) is 36.3 Å². The Morgan fingerprint density at radius 2 is 0.921 bits per heavy atom. The third-order valence-corrected chi connectivity index (χ3v) is 12.3. The van der Waals surface area contributed by atoms with Gasteiger partial charge in [0.25, 0.3) is 0 Å². The molecule has 6 aromatic rings. The summed E-state index contributed by atoms with van der Waals surface area (Å²) in [5, 5.41) is 14.8. The normalized spacial score (nSPS) is 13.5. The number of carbonyl (C=O) groups excluding carboxylic acids is 3. The van der Waals surface area contributed by atoms with Crippen molar-refractivity contribution >= 4 is 57.4 Å². The average molecular weight is 1060 g/mol. The molecule has 0 bridgehead atoms. The summed E-state index contributed by atoms with van der Waals surface area (Å²) in [5.74, 6) is -2.83. The van der Waals surface area contributed by atoms with Crippen molar-refractivity contribution in [1.82, 2.24) is 0 Å². The highest BCUT2D eigenvalue weighted by atomic mass is 19.4. The molecule has 18 heteroatoms. The van der Waals surface area contributed by atoms with Gasteiger partial charge in [-0.15, -0.1) is 0 Å². The van der Waals surface area contributed by atoms with Crippen LogP contribution >= 0.6 is 0 Å². The van der Waals surface area contributed by atoms with Crippen LogP contribution in [0.15, 0.2) is 121 Å². The highest BCUT2D eigenvalue weighted by Gasteiger charge is 2.34. The van der Waals surface area contributed by atoms with E-state index in [4.69, 9.17) is 14.2 Å². The maximum Gasteiger partial charge on any atom is 0.416 e. The predicted molar refractivity (Wildman–Crippen MR) is 270 cm³/mol. The number of alkyl halides is 6. The highest BCUT2D eigenvalue weighted by Crippen LogP contribution is 2.47. The predicted octanol–water partition coefficient (Wildman–Crippen LogP) is 14.8. The van der Waals surface area contributed by atoms with Crippen molar-refractivity contribution < 1.29 is 73.6 Å². The molecule has 0 heterocycles. The second-order valence-corrected chi connectivity index (χ2v) is 17.9. The van der Waals surface area contributed by atoms with Gasteiger partial charge in [-0.05, 0) is 187 Å². The smallest absolute Gasteiger partial charge is 0.416 e. The van der Waals surface area contributed by atoms with Gasteiger partial charge in [0.05, 0.1) is 28.9 Å². The van der Waals surface area contributed by atoms with Gasteiger partial charge < -0.3 is 30.0 Å². The zero-order valence-corrected chi connectivity index (χ0v) is 41.2. The molecule has 0 saturated carbocycles. The van der Waals surface area contributed by atoms with Crippen LogP contribution in [0.4, 0.5) is 46.5 Å². The molecular weight excluding hydrogens is 1000 g/mol. The summed E-state index contributed by atoms with van der Waals surface area (Å²) in [4.78, 5) is 47.6. The van der Waals surface area contributed by atoms with Gasteiger partial charge in [-0.25, -0.2) is 18.4 Å². The molecule has 2 aliphatic carbocycles. The molecule has 0 spiro atoms. The molecule has 0 aromatic heterocycles. The third kappa shape index (κ3) is 14.3. The second-order valence-electron chi connectivity index (χ2n) is 17.9. The summed E-state index contributed by atoms with van der Waals surface area (Å²) in [6.45, 7) is 4.51. The summed E-state index contributed by atoms with van der Waals surface area (Å²) in [6.07, 6.45) is -5.82. The number of aromatic carboxylic acids is 1. The van der Waals surface area contributed by atoms with E-state index in [1.165, 1.54) is 80.6 Å². The van der Waals surface area contributed by atoms with E-state index in [1.54, 1.807) is 37.3 Å². The fourth-order valence-corrected chi connectivity index (χ4v) is 8.95. The van der Waals surface area contributed by atoms with E-state index >= 15 is 0 Å². The summed E-state index contributed by atoms with van der Waals surface area (Å²) >= 11 is 0. The van der Waals surface area contributed by atoms with Gasteiger partial charge in [-0.3, -0.25) is 9.59 Å². The molecule has 0 unspecified atom stereocenters. The van der Waals surface area contributed by atoms with Gasteiger partial charge in [-0.1, -0.05) is 24.3 Å². The molecule has 2 amide bonds. The van der Waals surface area contributed by atoms with Crippen molar-refractivity contribution in [1.29, 1.82) is 0 Å². The van der Waals surface area contributed by atoms with Crippen LogP contribution in [-0.4, -0.2) is 35.5 Å². The number of esters is 1. The highest BCUT2D eigenvalue weighted by molar-refractivity contribution is 6.01. The standard InChI is InChI=1S/C30H27F4NO4.C28H23F4NO4/c1-3-38-29(37)21-13-20(14-24(15-21)35-18(2)36)25-5-4-6-26(25)27-16-22(30(32,33)34)9-12-28(27)39-17-19-7-10-23(31)11-8-19;1-16(34)33-22-12-18(11-19(13-22)27(35)36)23-3-2-4-24(23)25-14-20(28(30,31)32)7-10-26(25)37-15-17-5-8-21(29)9-6-17/h7-16H,3-6,17H2,1-2H3,(H,35,36);5-14H,2-4,15H2,1H3,(H,33,34)(H,35,36). The quantitative estimate of drug-likeness (QED) is 0.0682. The maximum absolute atomic E-state index is 13.7. The number of hydrogen-bond donors (Lipinski definition) is 3. The average Bonchev–Trinajstić information content (AvgIpc) is 4.08. The van der Waals surface area contributed by atoms with E-state index in [0.29, 0.717) is 88.7 Å². The van der Waals surface area contributed by atoms with E-state index < -0.39 is 47.1 Å². The summed E-state index contributed by atoms with van der Waals surface area (Å²) in [7, 11) is 0. The number of anilines is 2. The second kappa shape index (κ2) is 23.9. The van der Waals surface area contributed by atoms with Gasteiger partial charge in [0.15, 0.2) is 0 Å². The molecule has 10 nitrogen and oxygen atoms in total. The maximum atomic E-state index is 13.7. The summed E-state index contributed by atoms with van der Waals surface area (Å²) in [5.41, 5.74) is 4.79. The number of allylic oxidation sites excluding steroid dienone is 4. The van der Waals surface area contributed by atoms with E-state index in [0.717, 1.165) is 29.8 Å². The first-order chi connectivity index (χ1) is 36.1. The van der Waals surface area contributed by atoms with E-state index in [1.807, 2.05) is 0 Å². The van der Waals surface area contributed by atoms with Crippen LogP contribution < -0.4 is 20.1 Å². The third-order valence-electron chi connectivity index (χ3n) is 12.3. The van der Waals surface area contributed by atoms with E-state index in [-0.39, 0.29) is 65.5 Å². The minimum atomic E-state index is -4.58. The number of amides is 2. The molecule has 0 saturated heterocycles. The Hall–Kier alpha value is -8.28. The number of nitrogens with one attached hydrogen (secondary N) is 2. The van der Waals surface area contributed by atoms with Crippen molar-refractivity contribution in [2.24, 2.45) is 0 Å². The van der Waals surface area contributed by atoms with Gasteiger partial charge in [0, 0.05) is 36.3 Å².